The second kappa shape index (κ2) is 2.53. The Kier molecular flexibility index (Phi) is 1.72. The van der Waals surface area contributed by atoms with Gasteiger partial charge in [0.25, 0.3) is 11.4 Å². The van der Waals surface area contributed by atoms with E-state index in [9.17, 15) is 14.5 Å². The average Bonchev–Trinajstić information content (AvgIpc) is 1.94. The third-order valence-electron chi connectivity index (χ3n) is 1.16. The Morgan fingerprint density at radius 1 is 1.55 bits per heavy atom. The van der Waals surface area contributed by atoms with E-state index in [0.717, 1.165) is 18.2 Å². The maximum atomic E-state index is 12.4. The summed E-state index contributed by atoms with van der Waals surface area (Å²) in [5.74, 6) is -1.21. The van der Waals surface area contributed by atoms with Crippen LogP contribution in [0.1, 0.15) is 0 Å². The highest BCUT2D eigenvalue weighted by Gasteiger charge is 2.11. The van der Waals surface area contributed by atoms with Crippen LogP contribution in [0.3, 0.4) is 0 Å². The molecule has 0 aliphatic rings. The summed E-state index contributed by atoms with van der Waals surface area (Å²) in [6.45, 7) is 0. The first-order chi connectivity index (χ1) is 5.11. The minimum Gasteiger partial charge on any atom is -0.591 e. The molecule has 5 heteroatoms. The minimum absolute atomic E-state index is 0.335. The standard InChI is InChI=1S/C6H4FNO3/c7-5-3-4(8(10)11)1-2-6(5)9/h1-3,9H/p+1. The molecule has 0 aliphatic carbocycles. The monoisotopic (exact) mass is 158 g/mol. The summed E-state index contributed by atoms with van der Waals surface area (Å²) in [4.78, 5) is 9.34. The molecule has 0 bridgehead atoms. The van der Waals surface area contributed by atoms with Crippen molar-refractivity contribution in [1.29, 1.82) is 0 Å². The van der Waals surface area contributed by atoms with E-state index in [1.54, 1.807) is 0 Å². The van der Waals surface area contributed by atoms with Gasteiger partial charge in [0.1, 0.15) is 0 Å². The summed E-state index contributed by atoms with van der Waals surface area (Å²) in [5.41, 5.74) is -0.335. The smallest absolute Gasteiger partial charge is 0.290 e. The van der Waals surface area contributed by atoms with Crippen molar-refractivity contribution >= 4 is 5.69 Å². The van der Waals surface area contributed by atoms with Crippen molar-refractivity contribution in [1.82, 2.24) is 0 Å². The van der Waals surface area contributed by atoms with Crippen molar-refractivity contribution in [2.24, 2.45) is 0 Å². The first-order valence-corrected chi connectivity index (χ1v) is 2.77. The van der Waals surface area contributed by atoms with Crippen molar-refractivity contribution < 1.29 is 14.4 Å². The number of nitro benzene ring substituents is 1. The Balaban J connectivity index is 3.15. The average molecular weight is 158 g/mol. The summed E-state index contributed by atoms with van der Waals surface area (Å²) in [5, 5.41) is 16.9. The maximum absolute atomic E-state index is 12.4. The van der Waals surface area contributed by atoms with Gasteiger partial charge in [0.15, 0.2) is 0 Å². The molecule has 0 radical (unpaired) electrons. The van der Waals surface area contributed by atoms with Crippen LogP contribution in [0.5, 0.6) is 5.75 Å². The van der Waals surface area contributed by atoms with Crippen LogP contribution in [-0.2, 0) is 0 Å². The lowest BCUT2D eigenvalue weighted by atomic mass is 10.3. The highest BCUT2D eigenvalue weighted by atomic mass is 19.1. The second-order valence-electron chi connectivity index (χ2n) is 1.92. The second-order valence-corrected chi connectivity index (χ2v) is 1.92. The largest absolute Gasteiger partial charge is 0.591 e. The molecule has 0 saturated heterocycles. The maximum Gasteiger partial charge on any atom is 0.290 e. The van der Waals surface area contributed by atoms with E-state index in [4.69, 9.17) is 5.11 Å². The molecular formula is C6H5FNO3+. The van der Waals surface area contributed by atoms with E-state index in [1.165, 1.54) is 0 Å². The van der Waals surface area contributed by atoms with Gasteiger partial charge >= 0.3 is 0 Å². The van der Waals surface area contributed by atoms with Crippen LogP contribution in [-0.4, -0.2) is 10.0 Å². The number of halogens is 1. The Morgan fingerprint density at radius 3 is 2.64 bits per heavy atom. The molecule has 0 atom stereocenters. The minimum atomic E-state index is -0.876. The van der Waals surface area contributed by atoms with Gasteiger partial charge in [-0.15, -0.1) is 0 Å². The number of non-ortho nitro benzene ring substituents is 1. The molecule has 2 N–H and O–H groups in total. The van der Waals surface area contributed by atoms with Crippen LogP contribution in [0.4, 0.5) is 10.1 Å². The van der Waals surface area contributed by atoms with Crippen molar-refractivity contribution in [3.63, 3.8) is 0 Å². The zero-order valence-corrected chi connectivity index (χ0v) is 5.37. The molecule has 0 saturated carbocycles. The van der Waals surface area contributed by atoms with Gasteiger partial charge in [0.05, 0.1) is 11.0 Å². The van der Waals surface area contributed by atoms with Crippen molar-refractivity contribution in [2.75, 3.05) is 0 Å². The number of hydrogen-bond donors (Lipinski definition) is 0. The summed E-state index contributed by atoms with van der Waals surface area (Å²) >= 11 is 0. The number of nitrogens with zero attached hydrogens (tertiary/aromatic N) is 1. The van der Waals surface area contributed by atoms with E-state index in [2.05, 4.69) is 0 Å². The van der Waals surface area contributed by atoms with Gasteiger partial charge in [0.2, 0.25) is 5.82 Å². The van der Waals surface area contributed by atoms with Crippen molar-refractivity contribution in [3.8, 4) is 5.75 Å². The molecule has 0 unspecified atom stereocenters. The van der Waals surface area contributed by atoms with Gasteiger partial charge in [-0.3, -0.25) is 10.1 Å². The fourth-order valence-electron chi connectivity index (χ4n) is 0.618. The van der Waals surface area contributed by atoms with Crippen molar-refractivity contribution in [3.05, 3.63) is 34.1 Å². The molecule has 0 heterocycles. The molecule has 0 amide bonds. The van der Waals surface area contributed by atoms with Crippen LogP contribution in [0.2, 0.25) is 0 Å². The predicted octanol–water partition coefficient (Wildman–Crippen LogP) is 1.17. The fraction of sp³-hybridized carbons (Fsp3) is 0. The molecule has 0 spiro atoms. The van der Waals surface area contributed by atoms with Gasteiger partial charge in [-0.2, -0.15) is 4.39 Å². The van der Waals surface area contributed by atoms with Crippen LogP contribution in [0.15, 0.2) is 18.2 Å². The number of benzene rings is 1. The van der Waals surface area contributed by atoms with Crippen LogP contribution < -0.4 is 0 Å². The van der Waals surface area contributed by atoms with Gasteiger partial charge in [-0.05, 0) is 0 Å². The highest BCUT2D eigenvalue weighted by Crippen LogP contribution is 2.20. The molecule has 0 aromatic heterocycles. The van der Waals surface area contributed by atoms with Crippen LogP contribution >= 0.6 is 0 Å². The molecule has 1 aromatic rings. The van der Waals surface area contributed by atoms with E-state index in [0.29, 0.717) is 0 Å². The van der Waals surface area contributed by atoms with Gasteiger partial charge < -0.3 is 5.11 Å². The topological polar surface area (TPSA) is 66.0 Å². The van der Waals surface area contributed by atoms with E-state index in [1.807, 2.05) is 0 Å². The predicted molar refractivity (Wildman–Crippen MR) is 36.1 cm³/mol. The Hall–Kier alpha value is -1.65. The van der Waals surface area contributed by atoms with Crippen LogP contribution in [0, 0.1) is 15.9 Å². The third kappa shape index (κ3) is 1.43. The zero-order valence-electron chi connectivity index (χ0n) is 5.37. The molecule has 4 nitrogen and oxygen atoms in total. The Bertz CT molecular complexity index is 300. The van der Waals surface area contributed by atoms with E-state index < -0.39 is 10.7 Å². The lowest BCUT2D eigenvalue weighted by molar-refractivity contribution is -0.385. The first kappa shape index (κ1) is 7.46. The quantitative estimate of drug-likeness (QED) is 0.349. The van der Waals surface area contributed by atoms with Gasteiger partial charge in [0, 0.05) is 12.1 Å². The molecule has 1 rings (SSSR count). The lowest BCUT2D eigenvalue weighted by Gasteiger charge is -1.90. The third-order valence-corrected chi connectivity index (χ3v) is 1.16. The molecular weight excluding hydrogens is 153 g/mol. The number of hydrogen-bond acceptors (Lipinski definition) is 2. The molecule has 58 valence electrons. The van der Waals surface area contributed by atoms with E-state index in [-0.39, 0.29) is 11.4 Å². The summed E-state index contributed by atoms with van der Waals surface area (Å²) in [6, 6.07) is 2.86. The summed E-state index contributed by atoms with van der Waals surface area (Å²) in [7, 11) is 0. The lowest BCUT2D eigenvalue weighted by Crippen LogP contribution is -1.88. The van der Waals surface area contributed by atoms with Gasteiger partial charge in [-0.1, -0.05) is 0 Å². The highest BCUT2D eigenvalue weighted by molar-refractivity contribution is 5.36. The van der Waals surface area contributed by atoms with E-state index >= 15 is 0 Å². The van der Waals surface area contributed by atoms with Crippen molar-refractivity contribution in [2.45, 2.75) is 0 Å². The normalized spacial score (nSPS) is 9.55. The Morgan fingerprint density at radius 2 is 2.18 bits per heavy atom. The van der Waals surface area contributed by atoms with Gasteiger partial charge in [-0.25, -0.2) is 0 Å². The fourth-order valence-corrected chi connectivity index (χ4v) is 0.618. The summed E-state index contributed by atoms with van der Waals surface area (Å²) in [6.07, 6.45) is 0. The number of rotatable bonds is 1. The molecule has 1 aromatic carbocycles. The zero-order chi connectivity index (χ0) is 8.43. The molecule has 11 heavy (non-hydrogen) atoms. The SMILES string of the molecule is O=[N+]([O-])c1ccc([OH2+])c(F)c1. The summed E-state index contributed by atoms with van der Waals surface area (Å²) < 4.78 is 12.4. The first-order valence-electron chi connectivity index (χ1n) is 2.77. The number of nitro groups is 1. The Labute approximate surface area is 61.0 Å². The van der Waals surface area contributed by atoms with Crippen LogP contribution in [0.25, 0.3) is 0 Å². The molecule has 0 fully saturated rings. The molecule has 0 aliphatic heterocycles.